The Morgan fingerprint density at radius 3 is 2.68 bits per heavy atom. The Morgan fingerprint density at radius 2 is 1.91 bits per heavy atom. The van der Waals surface area contributed by atoms with E-state index in [0.29, 0.717) is 41.3 Å². The van der Waals surface area contributed by atoms with Crippen molar-refractivity contribution >= 4 is 29.1 Å². The van der Waals surface area contributed by atoms with E-state index in [1.165, 1.54) is 6.92 Å². The Bertz CT molecular complexity index is 1090. The van der Waals surface area contributed by atoms with Gasteiger partial charge >= 0.3 is 0 Å². The molecule has 0 unspecified atom stereocenters. The molecular formula is C25H29N3O6. The molecule has 2 N–H and O–H groups in total. The number of likely N-dealkylation sites (N-methyl/N-ethyl adjacent to an activating group) is 1. The van der Waals surface area contributed by atoms with Crippen LogP contribution in [-0.2, 0) is 14.3 Å². The second kappa shape index (κ2) is 10.1. The van der Waals surface area contributed by atoms with Gasteiger partial charge in [-0.25, -0.2) is 0 Å². The lowest BCUT2D eigenvalue weighted by atomic mass is 9.94. The first-order chi connectivity index (χ1) is 16.3. The summed E-state index contributed by atoms with van der Waals surface area (Å²) in [5, 5.41) is 5.58. The third kappa shape index (κ3) is 5.31. The Balaban J connectivity index is 1.42. The highest BCUT2D eigenvalue weighted by Gasteiger charge is 2.39. The van der Waals surface area contributed by atoms with Gasteiger partial charge in [-0.05, 0) is 43.2 Å². The zero-order valence-electron chi connectivity index (χ0n) is 19.5. The van der Waals surface area contributed by atoms with Crippen LogP contribution in [0.4, 0.5) is 11.4 Å². The van der Waals surface area contributed by atoms with E-state index >= 15 is 0 Å². The third-order valence-electron chi connectivity index (χ3n) is 6.10. The van der Waals surface area contributed by atoms with E-state index in [4.69, 9.17) is 14.2 Å². The number of rotatable bonds is 5. The van der Waals surface area contributed by atoms with Crippen LogP contribution in [0.15, 0.2) is 42.5 Å². The van der Waals surface area contributed by atoms with Crippen molar-refractivity contribution < 1.29 is 28.6 Å². The van der Waals surface area contributed by atoms with E-state index in [1.54, 1.807) is 49.4 Å². The first-order valence-electron chi connectivity index (χ1n) is 11.2. The van der Waals surface area contributed by atoms with Crippen LogP contribution < -0.4 is 20.1 Å². The van der Waals surface area contributed by atoms with Crippen LogP contribution in [0.5, 0.6) is 11.5 Å². The van der Waals surface area contributed by atoms with Gasteiger partial charge in [-0.2, -0.15) is 0 Å². The monoisotopic (exact) mass is 467 g/mol. The minimum absolute atomic E-state index is 0.149. The van der Waals surface area contributed by atoms with E-state index in [0.717, 1.165) is 0 Å². The predicted octanol–water partition coefficient (Wildman–Crippen LogP) is 3.06. The first kappa shape index (κ1) is 23.6. The molecule has 0 saturated carbocycles. The normalized spacial score (nSPS) is 21.8. The molecule has 2 aromatic rings. The van der Waals surface area contributed by atoms with Gasteiger partial charge in [0.1, 0.15) is 24.2 Å². The molecule has 3 amide bonds. The number of benzene rings is 2. The number of hydrogen-bond donors (Lipinski definition) is 2. The highest BCUT2D eigenvalue weighted by atomic mass is 16.5. The van der Waals surface area contributed by atoms with Crippen molar-refractivity contribution in [1.29, 1.82) is 0 Å². The average molecular weight is 468 g/mol. The second-order valence-corrected chi connectivity index (χ2v) is 8.54. The summed E-state index contributed by atoms with van der Waals surface area (Å²) in [6.45, 7) is 1.67. The minimum Gasteiger partial charge on any atom is -0.497 e. The third-order valence-corrected chi connectivity index (χ3v) is 6.10. The fourth-order valence-corrected chi connectivity index (χ4v) is 4.43. The molecule has 0 bridgehead atoms. The maximum absolute atomic E-state index is 13.2. The molecular weight excluding hydrogens is 438 g/mol. The van der Waals surface area contributed by atoms with Crippen LogP contribution in [-0.4, -0.2) is 61.6 Å². The van der Waals surface area contributed by atoms with Crippen molar-refractivity contribution in [2.24, 2.45) is 0 Å². The maximum Gasteiger partial charge on any atom is 0.257 e. The molecule has 0 aromatic heterocycles. The Morgan fingerprint density at radius 1 is 1.12 bits per heavy atom. The van der Waals surface area contributed by atoms with E-state index in [-0.39, 0.29) is 49.0 Å². The number of fused-ring (bicyclic) bond motifs is 2. The summed E-state index contributed by atoms with van der Waals surface area (Å²) in [4.78, 5) is 38.9. The quantitative estimate of drug-likeness (QED) is 0.700. The molecule has 2 aliphatic rings. The van der Waals surface area contributed by atoms with E-state index in [9.17, 15) is 14.4 Å². The van der Waals surface area contributed by atoms with Crippen LogP contribution >= 0.6 is 0 Å². The maximum atomic E-state index is 13.2. The summed E-state index contributed by atoms with van der Waals surface area (Å²) in [5.74, 6) is 0.539. The van der Waals surface area contributed by atoms with Crippen LogP contribution in [0.1, 0.15) is 36.5 Å². The standard InChI is InChI=1S/C25H29N3O6/c1-15(29)26-17-7-10-22-20(12-17)25(31)28(2)21-9-8-19(34-23(21)14-33-22)13-24(30)27-16-5-4-6-18(11-16)32-3/h4-7,10-12,19,21,23H,8-9,13-14H2,1-3H3,(H,26,29)(H,27,30)/t19-,21+,23-/m1/s1. The van der Waals surface area contributed by atoms with Gasteiger partial charge in [-0.3, -0.25) is 14.4 Å². The number of anilines is 2. The summed E-state index contributed by atoms with van der Waals surface area (Å²) in [6.07, 6.45) is 0.895. The number of carbonyl (C=O) groups is 3. The zero-order valence-corrected chi connectivity index (χ0v) is 19.5. The van der Waals surface area contributed by atoms with Gasteiger partial charge in [0.2, 0.25) is 11.8 Å². The number of methoxy groups -OCH3 is 1. The molecule has 9 nitrogen and oxygen atoms in total. The molecule has 4 rings (SSSR count). The molecule has 0 radical (unpaired) electrons. The van der Waals surface area contributed by atoms with Gasteiger partial charge < -0.3 is 29.7 Å². The first-order valence-corrected chi connectivity index (χ1v) is 11.2. The number of carbonyl (C=O) groups excluding carboxylic acids is 3. The van der Waals surface area contributed by atoms with Crippen molar-refractivity contribution in [2.45, 2.75) is 44.4 Å². The lowest BCUT2D eigenvalue weighted by molar-refractivity contribution is -0.130. The summed E-state index contributed by atoms with van der Waals surface area (Å²) >= 11 is 0. The lowest BCUT2D eigenvalue weighted by Crippen LogP contribution is -2.53. The molecule has 180 valence electrons. The Hall–Kier alpha value is -3.59. The van der Waals surface area contributed by atoms with Crippen molar-refractivity contribution in [3.8, 4) is 11.5 Å². The molecule has 2 aliphatic heterocycles. The summed E-state index contributed by atoms with van der Waals surface area (Å²) in [5.41, 5.74) is 1.59. The van der Waals surface area contributed by atoms with Gasteiger partial charge in [0, 0.05) is 31.4 Å². The van der Waals surface area contributed by atoms with E-state index in [1.807, 2.05) is 12.1 Å². The number of nitrogens with one attached hydrogen (secondary N) is 2. The molecule has 1 fully saturated rings. The van der Waals surface area contributed by atoms with Crippen LogP contribution in [0.25, 0.3) is 0 Å². The molecule has 1 saturated heterocycles. The van der Waals surface area contributed by atoms with Crippen LogP contribution in [0.2, 0.25) is 0 Å². The molecule has 0 spiro atoms. The SMILES string of the molecule is COc1cccc(NC(=O)C[C@H]2CC[C@H]3[C@@H](COc4ccc(NC(C)=O)cc4C(=O)N3C)O2)c1. The summed E-state index contributed by atoms with van der Waals surface area (Å²) in [7, 11) is 3.33. The summed E-state index contributed by atoms with van der Waals surface area (Å²) in [6, 6.07) is 12.0. The summed E-state index contributed by atoms with van der Waals surface area (Å²) < 4.78 is 17.4. The van der Waals surface area contributed by atoms with Crippen molar-refractivity contribution in [3.63, 3.8) is 0 Å². The smallest absolute Gasteiger partial charge is 0.257 e. The average Bonchev–Trinajstić information content (AvgIpc) is 2.81. The highest BCUT2D eigenvalue weighted by molar-refractivity contribution is 5.99. The molecule has 9 heteroatoms. The van der Waals surface area contributed by atoms with Gasteiger partial charge in [0.15, 0.2) is 0 Å². The van der Waals surface area contributed by atoms with Gasteiger partial charge in [-0.15, -0.1) is 0 Å². The van der Waals surface area contributed by atoms with Gasteiger partial charge in [0.05, 0.1) is 31.2 Å². The fourth-order valence-electron chi connectivity index (χ4n) is 4.43. The van der Waals surface area contributed by atoms with E-state index < -0.39 is 0 Å². The molecule has 3 atom stereocenters. The zero-order chi connectivity index (χ0) is 24.2. The van der Waals surface area contributed by atoms with E-state index in [2.05, 4.69) is 10.6 Å². The van der Waals surface area contributed by atoms with Crippen LogP contribution in [0, 0.1) is 0 Å². The minimum atomic E-state index is -0.361. The topological polar surface area (TPSA) is 106 Å². The largest absolute Gasteiger partial charge is 0.497 e. The fraction of sp³-hybridized carbons (Fsp3) is 0.400. The number of ether oxygens (including phenoxy) is 3. The molecule has 2 heterocycles. The Labute approximate surface area is 198 Å². The second-order valence-electron chi connectivity index (χ2n) is 8.54. The molecule has 2 aromatic carbocycles. The number of amides is 3. The van der Waals surface area contributed by atoms with Gasteiger partial charge in [-0.1, -0.05) is 6.07 Å². The van der Waals surface area contributed by atoms with Gasteiger partial charge in [0.25, 0.3) is 5.91 Å². The van der Waals surface area contributed by atoms with Crippen molar-refractivity contribution in [2.75, 3.05) is 31.4 Å². The number of hydrogen-bond acceptors (Lipinski definition) is 6. The Kier molecular flexibility index (Phi) is 7.02. The lowest BCUT2D eigenvalue weighted by Gasteiger charge is -2.42. The highest BCUT2D eigenvalue weighted by Crippen LogP contribution is 2.32. The molecule has 0 aliphatic carbocycles. The van der Waals surface area contributed by atoms with Crippen molar-refractivity contribution in [1.82, 2.24) is 4.90 Å². The van der Waals surface area contributed by atoms with Crippen molar-refractivity contribution in [3.05, 3.63) is 48.0 Å². The molecule has 34 heavy (non-hydrogen) atoms. The number of nitrogens with zero attached hydrogens (tertiary/aromatic N) is 1. The van der Waals surface area contributed by atoms with Crippen LogP contribution in [0.3, 0.4) is 0 Å². The predicted molar refractivity (Wildman–Crippen MR) is 126 cm³/mol.